The zero-order chi connectivity index (χ0) is 18.7. The van der Waals surface area contributed by atoms with Crippen molar-refractivity contribution in [1.82, 2.24) is 25.4 Å². The van der Waals surface area contributed by atoms with Crippen molar-refractivity contribution in [1.29, 1.82) is 0 Å². The van der Waals surface area contributed by atoms with Gasteiger partial charge in [0.25, 0.3) is 5.91 Å². The molecule has 0 bridgehead atoms. The largest absolute Gasteiger partial charge is 0.346 e. The predicted molar refractivity (Wildman–Crippen MR) is 97.8 cm³/mol. The van der Waals surface area contributed by atoms with Crippen molar-refractivity contribution in [3.8, 4) is 0 Å². The van der Waals surface area contributed by atoms with Crippen LogP contribution in [0.1, 0.15) is 47.8 Å². The van der Waals surface area contributed by atoms with Crippen LogP contribution in [0.5, 0.6) is 0 Å². The molecule has 0 aliphatic carbocycles. The van der Waals surface area contributed by atoms with E-state index < -0.39 is 0 Å². The molecule has 1 aromatic heterocycles. The quantitative estimate of drug-likeness (QED) is 0.858. The Kier molecular flexibility index (Phi) is 5.56. The van der Waals surface area contributed by atoms with Gasteiger partial charge in [0.15, 0.2) is 5.82 Å². The Hall–Kier alpha value is -2.41. The van der Waals surface area contributed by atoms with Gasteiger partial charge in [0, 0.05) is 19.0 Å². The molecule has 0 saturated carbocycles. The number of piperidine rings is 1. The minimum Gasteiger partial charge on any atom is -0.346 e. The van der Waals surface area contributed by atoms with Gasteiger partial charge in [0.05, 0.1) is 16.6 Å². The average molecular weight is 376 g/mol. The van der Waals surface area contributed by atoms with Gasteiger partial charge in [0.2, 0.25) is 5.91 Å². The van der Waals surface area contributed by atoms with Crippen LogP contribution in [0.2, 0.25) is 5.02 Å². The lowest BCUT2D eigenvalue weighted by atomic mass is 9.95. The Balaban J connectivity index is 1.54. The fraction of sp³-hybridized carbons (Fsp3) is 0.444. The molecule has 0 spiro atoms. The number of aryl methyl sites for hydroxylation is 1. The van der Waals surface area contributed by atoms with Gasteiger partial charge in [-0.2, -0.15) is 5.10 Å². The number of carbonyl (C=O) groups is 2. The van der Waals surface area contributed by atoms with Gasteiger partial charge in [-0.3, -0.25) is 14.7 Å². The summed E-state index contributed by atoms with van der Waals surface area (Å²) in [5, 5.41) is 10.3. The summed E-state index contributed by atoms with van der Waals surface area (Å²) in [4.78, 5) is 31.1. The smallest absolute Gasteiger partial charge is 0.255 e. The Morgan fingerprint density at radius 2 is 2.00 bits per heavy atom. The van der Waals surface area contributed by atoms with Crippen LogP contribution in [0.4, 0.5) is 0 Å². The normalized spacial score (nSPS) is 16.3. The maximum absolute atomic E-state index is 12.6. The molecule has 3 rings (SSSR count). The summed E-state index contributed by atoms with van der Waals surface area (Å²) in [6, 6.07) is 6.78. The Morgan fingerprint density at radius 1 is 1.31 bits per heavy atom. The number of likely N-dealkylation sites (tertiary alicyclic amines) is 1. The van der Waals surface area contributed by atoms with Gasteiger partial charge < -0.3 is 10.2 Å². The number of amides is 2. The summed E-state index contributed by atoms with van der Waals surface area (Å²) in [6.45, 7) is 4.75. The summed E-state index contributed by atoms with van der Waals surface area (Å²) in [6.07, 6.45) is 1.25. The predicted octanol–water partition coefficient (Wildman–Crippen LogP) is 2.50. The van der Waals surface area contributed by atoms with Crippen LogP contribution in [-0.4, -0.2) is 45.0 Å². The van der Waals surface area contributed by atoms with Crippen LogP contribution in [0.3, 0.4) is 0 Å². The van der Waals surface area contributed by atoms with E-state index in [2.05, 4.69) is 20.5 Å². The van der Waals surface area contributed by atoms with Gasteiger partial charge in [-0.05, 0) is 38.8 Å². The van der Waals surface area contributed by atoms with Gasteiger partial charge in [0.1, 0.15) is 5.82 Å². The number of nitrogens with zero attached hydrogens (tertiary/aromatic N) is 3. The molecule has 2 heterocycles. The fourth-order valence-corrected chi connectivity index (χ4v) is 3.32. The topological polar surface area (TPSA) is 91.0 Å². The van der Waals surface area contributed by atoms with Crippen molar-refractivity contribution >= 4 is 23.4 Å². The lowest BCUT2D eigenvalue weighted by Crippen LogP contribution is -2.43. The van der Waals surface area contributed by atoms with E-state index in [1.54, 1.807) is 29.2 Å². The fourth-order valence-electron chi connectivity index (χ4n) is 3.10. The van der Waals surface area contributed by atoms with E-state index in [4.69, 9.17) is 11.6 Å². The molecule has 138 valence electrons. The molecule has 7 nitrogen and oxygen atoms in total. The molecular formula is C18H22ClN5O2. The standard InChI is InChI=1S/C18H22ClN5O2/c1-11(16-21-12(2)22-23-16)20-17(25)13-7-9-24(10-8-13)18(26)14-5-3-4-6-15(14)19/h3-6,11,13H,7-10H2,1-2H3,(H,20,25)(H,21,22,23). The number of rotatable bonds is 4. The van der Waals surface area contributed by atoms with E-state index in [0.29, 0.717) is 48.2 Å². The Bertz CT molecular complexity index is 798. The molecule has 8 heteroatoms. The number of aromatic amines is 1. The van der Waals surface area contributed by atoms with Gasteiger partial charge in [-0.1, -0.05) is 23.7 Å². The van der Waals surface area contributed by atoms with Gasteiger partial charge in [-0.25, -0.2) is 4.98 Å². The average Bonchev–Trinajstić information content (AvgIpc) is 3.08. The molecule has 2 amide bonds. The van der Waals surface area contributed by atoms with E-state index in [1.807, 2.05) is 13.8 Å². The highest BCUT2D eigenvalue weighted by Crippen LogP contribution is 2.23. The zero-order valence-corrected chi connectivity index (χ0v) is 15.6. The van der Waals surface area contributed by atoms with Crippen LogP contribution >= 0.6 is 11.6 Å². The summed E-state index contributed by atoms with van der Waals surface area (Å²) < 4.78 is 0. The number of H-pyrrole nitrogens is 1. The number of benzene rings is 1. The minimum atomic E-state index is -0.254. The first-order chi connectivity index (χ1) is 12.5. The SMILES string of the molecule is Cc1nc(C(C)NC(=O)C2CCN(C(=O)c3ccccc3Cl)CC2)n[nH]1. The van der Waals surface area contributed by atoms with Crippen molar-refractivity contribution < 1.29 is 9.59 Å². The lowest BCUT2D eigenvalue weighted by molar-refractivity contribution is -0.127. The summed E-state index contributed by atoms with van der Waals surface area (Å²) in [7, 11) is 0. The number of halogens is 1. The molecular weight excluding hydrogens is 354 g/mol. The van der Waals surface area contributed by atoms with Crippen molar-refractivity contribution in [2.45, 2.75) is 32.7 Å². The first-order valence-corrected chi connectivity index (χ1v) is 9.06. The minimum absolute atomic E-state index is 0.0233. The molecule has 1 aliphatic rings. The second-order valence-corrected chi connectivity index (χ2v) is 6.96. The summed E-state index contributed by atoms with van der Waals surface area (Å²) in [5.74, 6) is 1.06. The van der Waals surface area contributed by atoms with Crippen LogP contribution in [0.25, 0.3) is 0 Å². The highest BCUT2D eigenvalue weighted by atomic mass is 35.5. The Labute approximate surface area is 157 Å². The first-order valence-electron chi connectivity index (χ1n) is 8.68. The van der Waals surface area contributed by atoms with Crippen LogP contribution in [-0.2, 0) is 4.79 Å². The number of hydrogen-bond donors (Lipinski definition) is 2. The van der Waals surface area contributed by atoms with Crippen molar-refractivity contribution in [2.24, 2.45) is 5.92 Å². The molecule has 1 aliphatic heterocycles. The van der Waals surface area contributed by atoms with Crippen molar-refractivity contribution in [2.75, 3.05) is 13.1 Å². The van der Waals surface area contributed by atoms with E-state index in [0.717, 1.165) is 0 Å². The molecule has 1 aromatic carbocycles. The molecule has 1 unspecified atom stereocenters. The third-order valence-electron chi connectivity index (χ3n) is 4.62. The first kappa shape index (κ1) is 18.4. The number of carbonyl (C=O) groups excluding carboxylic acids is 2. The Morgan fingerprint density at radius 3 is 2.62 bits per heavy atom. The monoisotopic (exact) mass is 375 g/mol. The van der Waals surface area contributed by atoms with E-state index in [9.17, 15) is 9.59 Å². The van der Waals surface area contributed by atoms with E-state index >= 15 is 0 Å². The van der Waals surface area contributed by atoms with Gasteiger partial charge in [-0.15, -0.1) is 0 Å². The van der Waals surface area contributed by atoms with Crippen molar-refractivity contribution in [3.63, 3.8) is 0 Å². The van der Waals surface area contributed by atoms with Crippen LogP contribution in [0.15, 0.2) is 24.3 Å². The second-order valence-electron chi connectivity index (χ2n) is 6.56. The molecule has 0 radical (unpaired) electrons. The number of aromatic nitrogens is 3. The van der Waals surface area contributed by atoms with Crippen LogP contribution in [0, 0.1) is 12.8 Å². The number of nitrogens with one attached hydrogen (secondary N) is 2. The third kappa shape index (κ3) is 4.04. The maximum Gasteiger partial charge on any atom is 0.255 e. The molecule has 2 N–H and O–H groups in total. The van der Waals surface area contributed by atoms with Crippen LogP contribution < -0.4 is 5.32 Å². The second kappa shape index (κ2) is 7.86. The molecule has 26 heavy (non-hydrogen) atoms. The van der Waals surface area contributed by atoms with Crippen molar-refractivity contribution in [3.05, 3.63) is 46.5 Å². The maximum atomic E-state index is 12.6. The van der Waals surface area contributed by atoms with Gasteiger partial charge >= 0.3 is 0 Å². The van der Waals surface area contributed by atoms with E-state index in [-0.39, 0.29) is 23.8 Å². The lowest BCUT2D eigenvalue weighted by Gasteiger charge is -2.32. The molecule has 1 saturated heterocycles. The summed E-state index contributed by atoms with van der Waals surface area (Å²) >= 11 is 6.11. The highest BCUT2D eigenvalue weighted by molar-refractivity contribution is 6.33. The highest BCUT2D eigenvalue weighted by Gasteiger charge is 2.29. The summed E-state index contributed by atoms with van der Waals surface area (Å²) in [5.41, 5.74) is 0.505. The third-order valence-corrected chi connectivity index (χ3v) is 4.95. The molecule has 1 fully saturated rings. The zero-order valence-electron chi connectivity index (χ0n) is 14.8. The molecule has 2 aromatic rings. The van der Waals surface area contributed by atoms with E-state index in [1.165, 1.54) is 0 Å². The molecule has 1 atom stereocenters. The number of hydrogen-bond acceptors (Lipinski definition) is 4.